The fourth-order valence-corrected chi connectivity index (χ4v) is 3.71. The molecule has 0 saturated carbocycles. The first-order valence-corrected chi connectivity index (χ1v) is 8.48. The molecule has 0 amide bonds. The van der Waals surface area contributed by atoms with Gasteiger partial charge in [-0.3, -0.25) is 0 Å². The number of fused-ring (bicyclic) bond motifs is 1. The number of ether oxygens (including phenoxy) is 1. The van der Waals surface area contributed by atoms with Gasteiger partial charge in [-0.1, -0.05) is 31.2 Å². The number of hydrogen-bond donors (Lipinski definition) is 1. The average molecular weight is 299 g/mol. The van der Waals surface area contributed by atoms with Crippen LogP contribution < -0.4 is 10.1 Å². The van der Waals surface area contributed by atoms with Crippen molar-refractivity contribution in [3.63, 3.8) is 0 Å². The predicted molar refractivity (Wildman–Crippen MR) is 90.5 cm³/mol. The van der Waals surface area contributed by atoms with Crippen LogP contribution in [-0.4, -0.2) is 12.4 Å². The van der Waals surface area contributed by atoms with Gasteiger partial charge in [-0.15, -0.1) is 11.8 Å². The molecule has 21 heavy (non-hydrogen) atoms. The largest absolute Gasteiger partial charge is 0.491 e. The Morgan fingerprint density at radius 2 is 2.10 bits per heavy atom. The van der Waals surface area contributed by atoms with E-state index >= 15 is 0 Å². The number of anilines is 1. The van der Waals surface area contributed by atoms with Crippen LogP contribution in [0.25, 0.3) is 0 Å². The molecule has 0 spiro atoms. The SMILES string of the molecule is CCCOc1cc(C)ccc1NC1CSc2ccccc21. The number of nitrogens with one attached hydrogen (secondary N) is 1. The van der Waals surface area contributed by atoms with Crippen molar-refractivity contribution in [2.24, 2.45) is 0 Å². The molecule has 2 nitrogen and oxygen atoms in total. The molecule has 1 aliphatic heterocycles. The molecule has 0 saturated heterocycles. The Morgan fingerprint density at radius 3 is 2.95 bits per heavy atom. The van der Waals surface area contributed by atoms with Gasteiger partial charge in [-0.2, -0.15) is 0 Å². The lowest BCUT2D eigenvalue weighted by Gasteiger charge is -2.18. The zero-order valence-electron chi connectivity index (χ0n) is 12.6. The number of benzene rings is 2. The summed E-state index contributed by atoms with van der Waals surface area (Å²) >= 11 is 1.92. The summed E-state index contributed by atoms with van der Waals surface area (Å²) in [4.78, 5) is 1.39. The highest BCUT2D eigenvalue weighted by Gasteiger charge is 2.23. The molecule has 0 bridgehead atoms. The maximum Gasteiger partial charge on any atom is 0.142 e. The van der Waals surface area contributed by atoms with Crippen molar-refractivity contribution in [3.8, 4) is 5.75 Å². The zero-order chi connectivity index (χ0) is 14.7. The summed E-state index contributed by atoms with van der Waals surface area (Å²) in [5.74, 6) is 2.03. The van der Waals surface area contributed by atoms with E-state index in [1.54, 1.807) is 0 Å². The lowest BCUT2D eigenvalue weighted by atomic mass is 10.1. The van der Waals surface area contributed by atoms with Crippen LogP contribution in [0, 0.1) is 6.92 Å². The number of hydrogen-bond acceptors (Lipinski definition) is 3. The molecule has 1 aliphatic rings. The van der Waals surface area contributed by atoms with E-state index in [2.05, 4.69) is 61.6 Å². The van der Waals surface area contributed by atoms with Crippen LogP contribution in [0.15, 0.2) is 47.4 Å². The monoisotopic (exact) mass is 299 g/mol. The Bertz CT molecular complexity index is 626. The van der Waals surface area contributed by atoms with Gasteiger partial charge >= 0.3 is 0 Å². The summed E-state index contributed by atoms with van der Waals surface area (Å²) in [6.45, 7) is 4.99. The van der Waals surface area contributed by atoms with Crippen molar-refractivity contribution in [2.45, 2.75) is 31.2 Å². The van der Waals surface area contributed by atoms with Crippen LogP contribution in [0.4, 0.5) is 5.69 Å². The number of aryl methyl sites for hydroxylation is 1. The van der Waals surface area contributed by atoms with Crippen LogP contribution in [0.1, 0.15) is 30.5 Å². The molecular formula is C18H21NOS. The second kappa shape index (κ2) is 6.44. The van der Waals surface area contributed by atoms with E-state index in [1.165, 1.54) is 16.0 Å². The Hall–Kier alpha value is -1.61. The highest BCUT2D eigenvalue weighted by Crippen LogP contribution is 2.41. The van der Waals surface area contributed by atoms with Crippen molar-refractivity contribution in [2.75, 3.05) is 17.7 Å². The van der Waals surface area contributed by atoms with Gasteiger partial charge in [-0.05, 0) is 42.7 Å². The maximum atomic E-state index is 5.90. The van der Waals surface area contributed by atoms with Crippen molar-refractivity contribution in [3.05, 3.63) is 53.6 Å². The lowest BCUT2D eigenvalue weighted by molar-refractivity contribution is 0.318. The van der Waals surface area contributed by atoms with Crippen molar-refractivity contribution >= 4 is 17.4 Å². The fraction of sp³-hybridized carbons (Fsp3) is 0.333. The minimum absolute atomic E-state index is 0.359. The van der Waals surface area contributed by atoms with E-state index in [4.69, 9.17) is 4.74 Å². The molecule has 0 aromatic heterocycles. The van der Waals surface area contributed by atoms with Gasteiger partial charge in [-0.25, -0.2) is 0 Å². The third-order valence-corrected chi connectivity index (χ3v) is 4.81. The summed E-state index contributed by atoms with van der Waals surface area (Å²) in [6.07, 6.45) is 1.02. The molecule has 110 valence electrons. The average Bonchev–Trinajstić information content (AvgIpc) is 2.91. The van der Waals surface area contributed by atoms with E-state index in [0.717, 1.165) is 30.2 Å². The maximum absolute atomic E-state index is 5.90. The molecule has 1 heterocycles. The Balaban J connectivity index is 1.82. The van der Waals surface area contributed by atoms with Gasteiger partial charge in [0.25, 0.3) is 0 Å². The predicted octanol–water partition coefficient (Wildman–Crippen LogP) is 5.04. The van der Waals surface area contributed by atoms with Gasteiger partial charge in [0.1, 0.15) is 5.75 Å². The van der Waals surface area contributed by atoms with Crippen molar-refractivity contribution < 1.29 is 4.74 Å². The van der Waals surface area contributed by atoms with Gasteiger partial charge in [0, 0.05) is 10.6 Å². The standard InChI is InChI=1S/C18H21NOS/c1-3-10-20-17-11-13(2)8-9-15(17)19-16-12-21-18-7-5-4-6-14(16)18/h4-9,11,16,19H,3,10,12H2,1-2H3. The van der Waals surface area contributed by atoms with Crippen molar-refractivity contribution in [1.82, 2.24) is 0 Å². The van der Waals surface area contributed by atoms with E-state index in [0.29, 0.717) is 6.04 Å². The smallest absolute Gasteiger partial charge is 0.142 e. The molecule has 3 heteroatoms. The summed E-state index contributed by atoms with van der Waals surface area (Å²) in [5.41, 5.74) is 3.72. The highest BCUT2D eigenvalue weighted by molar-refractivity contribution is 7.99. The van der Waals surface area contributed by atoms with Crippen molar-refractivity contribution in [1.29, 1.82) is 0 Å². The van der Waals surface area contributed by atoms with Gasteiger partial charge in [0.2, 0.25) is 0 Å². The second-order valence-corrected chi connectivity index (χ2v) is 6.46. The first-order valence-electron chi connectivity index (χ1n) is 7.49. The first kappa shape index (κ1) is 14.3. The van der Waals surface area contributed by atoms with Crippen LogP contribution in [-0.2, 0) is 0 Å². The second-order valence-electron chi connectivity index (χ2n) is 5.39. The molecule has 1 unspecified atom stereocenters. The van der Waals surface area contributed by atoms with Gasteiger partial charge in [0.05, 0.1) is 18.3 Å². The first-order chi connectivity index (χ1) is 10.3. The molecule has 3 rings (SSSR count). The molecule has 2 aromatic rings. The summed E-state index contributed by atoms with van der Waals surface area (Å²) in [6, 6.07) is 15.4. The van der Waals surface area contributed by atoms with Crippen LogP contribution in [0.5, 0.6) is 5.75 Å². The third kappa shape index (κ3) is 3.18. The molecular weight excluding hydrogens is 278 g/mol. The highest BCUT2D eigenvalue weighted by atomic mass is 32.2. The van der Waals surface area contributed by atoms with E-state index < -0.39 is 0 Å². The summed E-state index contributed by atoms with van der Waals surface area (Å²) < 4.78 is 5.90. The summed E-state index contributed by atoms with van der Waals surface area (Å²) in [7, 11) is 0. The summed E-state index contributed by atoms with van der Waals surface area (Å²) in [5, 5.41) is 3.66. The van der Waals surface area contributed by atoms with Crippen LogP contribution in [0.3, 0.4) is 0 Å². The fourth-order valence-electron chi connectivity index (χ4n) is 2.55. The lowest BCUT2D eigenvalue weighted by Crippen LogP contribution is -2.11. The Labute approximate surface area is 130 Å². The number of thioether (sulfide) groups is 1. The van der Waals surface area contributed by atoms with E-state index in [9.17, 15) is 0 Å². The normalized spacial score (nSPS) is 16.6. The van der Waals surface area contributed by atoms with Gasteiger partial charge in [0.15, 0.2) is 0 Å². The molecule has 0 aliphatic carbocycles. The zero-order valence-corrected chi connectivity index (χ0v) is 13.4. The molecule has 1 N–H and O–H groups in total. The van der Waals surface area contributed by atoms with E-state index in [-0.39, 0.29) is 0 Å². The minimum Gasteiger partial charge on any atom is -0.491 e. The molecule has 1 atom stereocenters. The van der Waals surface area contributed by atoms with Crippen LogP contribution in [0.2, 0.25) is 0 Å². The number of rotatable bonds is 5. The molecule has 0 fully saturated rings. The van der Waals surface area contributed by atoms with E-state index in [1.807, 2.05) is 11.8 Å². The topological polar surface area (TPSA) is 21.3 Å². The minimum atomic E-state index is 0.359. The molecule has 2 aromatic carbocycles. The third-order valence-electron chi connectivity index (χ3n) is 3.63. The molecule has 0 radical (unpaired) electrons. The Kier molecular flexibility index (Phi) is 4.39. The van der Waals surface area contributed by atoms with Crippen LogP contribution >= 0.6 is 11.8 Å². The van der Waals surface area contributed by atoms with Gasteiger partial charge < -0.3 is 10.1 Å². The quantitative estimate of drug-likeness (QED) is 0.835. The Morgan fingerprint density at radius 1 is 1.24 bits per heavy atom.